The molecule has 0 aromatic carbocycles. The molecule has 124 valence electrons. The third-order valence-corrected chi connectivity index (χ3v) is 4.18. The normalized spacial score (nSPS) is 18.7. The molecule has 1 fully saturated rings. The maximum Gasteiger partial charge on any atom is 0.272 e. The number of hydrogen-bond acceptors (Lipinski definition) is 5. The van der Waals surface area contributed by atoms with Crippen molar-refractivity contribution in [1.29, 1.82) is 0 Å². The summed E-state index contributed by atoms with van der Waals surface area (Å²) < 4.78 is 7.63. The molecule has 0 aliphatic carbocycles. The van der Waals surface area contributed by atoms with Gasteiger partial charge in [-0.2, -0.15) is 0 Å². The van der Waals surface area contributed by atoms with Crippen molar-refractivity contribution in [3.63, 3.8) is 0 Å². The van der Waals surface area contributed by atoms with E-state index in [2.05, 4.69) is 19.9 Å². The fraction of sp³-hybridized carbons (Fsp3) is 0.375. The summed E-state index contributed by atoms with van der Waals surface area (Å²) in [4.78, 5) is 29.8. The minimum absolute atomic E-state index is 0.0407. The summed E-state index contributed by atoms with van der Waals surface area (Å²) in [5.74, 6) is 0.161. The van der Waals surface area contributed by atoms with Gasteiger partial charge in [0.05, 0.1) is 37.6 Å². The average Bonchev–Trinajstić information content (AvgIpc) is 3.23. The Morgan fingerprint density at radius 2 is 2.33 bits per heavy atom. The second-order valence-electron chi connectivity index (χ2n) is 5.93. The molecular weight excluding hydrogens is 308 g/mol. The van der Waals surface area contributed by atoms with E-state index >= 15 is 0 Å². The molecule has 1 aliphatic heterocycles. The zero-order valence-electron chi connectivity index (χ0n) is 13.1. The molecule has 0 unspecified atom stereocenters. The minimum Gasteiger partial charge on any atom is -0.379 e. The van der Waals surface area contributed by atoms with Crippen molar-refractivity contribution in [3.05, 3.63) is 48.7 Å². The molecule has 1 saturated heterocycles. The zero-order chi connectivity index (χ0) is 16.4. The zero-order valence-corrected chi connectivity index (χ0v) is 13.1. The molecule has 4 heterocycles. The minimum atomic E-state index is -0.0407. The van der Waals surface area contributed by atoms with Crippen LogP contribution in [0.5, 0.6) is 0 Å². The summed E-state index contributed by atoms with van der Waals surface area (Å²) in [6.07, 6.45) is 11.2. The Bertz CT molecular complexity index is 828. The molecule has 24 heavy (non-hydrogen) atoms. The van der Waals surface area contributed by atoms with Crippen LogP contribution in [0.3, 0.4) is 0 Å². The van der Waals surface area contributed by atoms with Crippen molar-refractivity contribution in [1.82, 2.24) is 29.2 Å². The molecular formula is C16H18N6O2. The van der Waals surface area contributed by atoms with Crippen molar-refractivity contribution in [2.45, 2.75) is 6.42 Å². The van der Waals surface area contributed by atoms with Crippen LogP contribution in [0.2, 0.25) is 0 Å². The molecule has 0 radical (unpaired) electrons. The molecule has 8 nitrogen and oxygen atoms in total. The van der Waals surface area contributed by atoms with Crippen LogP contribution in [0.1, 0.15) is 16.2 Å². The van der Waals surface area contributed by atoms with Gasteiger partial charge < -0.3 is 19.0 Å². The van der Waals surface area contributed by atoms with Crippen molar-refractivity contribution in [2.75, 3.05) is 26.3 Å². The number of carbonyl (C=O) groups is 1. The molecule has 1 aliphatic rings. The van der Waals surface area contributed by atoms with Gasteiger partial charge in [-0.15, -0.1) is 0 Å². The number of nitrogens with one attached hydrogen (secondary N) is 1. The molecule has 8 heteroatoms. The Morgan fingerprint density at radius 1 is 1.38 bits per heavy atom. The molecule has 0 spiro atoms. The number of hydrogen-bond donors (Lipinski definition) is 1. The number of rotatable bonds is 3. The van der Waals surface area contributed by atoms with E-state index in [4.69, 9.17) is 4.74 Å². The van der Waals surface area contributed by atoms with Gasteiger partial charge >= 0.3 is 0 Å². The van der Waals surface area contributed by atoms with Crippen molar-refractivity contribution in [2.24, 2.45) is 5.92 Å². The van der Waals surface area contributed by atoms with Crippen molar-refractivity contribution < 1.29 is 9.53 Å². The fourth-order valence-electron chi connectivity index (χ4n) is 3.00. The number of carbonyl (C=O) groups excluding carboxylic acids is 1. The van der Waals surface area contributed by atoms with Crippen LogP contribution in [0.25, 0.3) is 5.65 Å². The summed E-state index contributed by atoms with van der Waals surface area (Å²) in [7, 11) is 0. The van der Waals surface area contributed by atoms with Crippen LogP contribution in [-0.2, 0) is 11.2 Å². The third kappa shape index (κ3) is 3.00. The van der Waals surface area contributed by atoms with E-state index in [0.717, 1.165) is 17.8 Å². The fourth-order valence-corrected chi connectivity index (χ4v) is 3.00. The highest BCUT2D eigenvalue weighted by molar-refractivity contribution is 5.92. The SMILES string of the molecule is O=C(c1cnc[nH]1)N1CCOC[C@@H](Cc2cn3ccnc3cn2)C1. The van der Waals surface area contributed by atoms with E-state index < -0.39 is 0 Å². The van der Waals surface area contributed by atoms with Crippen molar-refractivity contribution in [3.8, 4) is 0 Å². The van der Waals surface area contributed by atoms with Gasteiger partial charge in [-0.3, -0.25) is 9.78 Å². The summed E-state index contributed by atoms with van der Waals surface area (Å²) in [5, 5.41) is 0. The van der Waals surface area contributed by atoms with E-state index in [1.54, 1.807) is 18.6 Å². The van der Waals surface area contributed by atoms with Crippen LogP contribution in [0.4, 0.5) is 0 Å². The largest absolute Gasteiger partial charge is 0.379 e. The summed E-state index contributed by atoms with van der Waals surface area (Å²) in [6, 6.07) is 0. The van der Waals surface area contributed by atoms with Crippen LogP contribution in [-0.4, -0.2) is 61.4 Å². The topological polar surface area (TPSA) is 88.4 Å². The monoisotopic (exact) mass is 326 g/mol. The highest BCUT2D eigenvalue weighted by Crippen LogP contribution is 2.15. The maximum atomic E-state index is 12.5. The average molecular weight is 326 g/mol. The molecule has 3 aromatic rings. The van der Waals surface area contributed by atoms with Gasteiger partial charge in [0.25, 0.3) is 5.91 Å². The second kappa shape index (κ2) is 6.40. The Balaban J connectivity index is 1.48. The van der Waals surface area contributed by atoms with Crippen LogP contribution in [0.15, 0.2) is 37.3 Å². The molecule has 4 rings (SSSR count). The predicted molar refractivity (Wildman–Crippen MR) is 85.5 cm³/mol. The van der Waals surface area contributed by atoms with Gasteiger partial charge in [0.1, 0.15) is 5.69 Å². The van der Waals surface area contributed by atoms with E-state index in [-0.39, 0.29) is 11.8 Å². The molecule has 0 saturated carbocycles. The number of imidazole rings is 2. The number of aromatic nitrogens is 5. The van der Waals surface area contributed by atoms with E-state index in [9.17, 15) is 4.79 Å². The molecule has 1 atom stereocenters. The quantitative estimate of drug-likeness (QED) is 0.768. The van der Waals surface area contributed by atoms with Crippen LogP contribution < -0.4 is 0 Å². The number of fused-ring (bicyclic) bond motifs is 1. The molecule has 3 aromatic heterocycles. The summed E-state index contributed by atoms with van der Waals surface area (Å²) in [5.41, 5.74) is 2.30. The van der Waals surface area contributed by atoms with E-state index in [0.29, 0.717) is 32.0 Å². The van der Waals surface area contributed by atoms with E-state index in [1.807, 2.05) is 21.7 Å². The van der Waals surface area contributed by atoms with E-state index in [1.165, 1.54) is 6.33 Å². The Kier molecular flexibility index (Phi) is 3.96. The van der Waals surface area contributed by atoms with Gasteiger partial charge in [-0.05, 0) is 6.42 Å². The Morgan fingerprint density at radius 3 is 3.21 bits per heavy atom. The lowest BCUT2D eigenvalue weighted by Gasteiger charge is -2.22. The lowest BCUT2D eigenvalue weighted by Crippen LogP contribution is -2.36. The second-order valence-corrected chi connectivity index (χ2v) is 5.93. The summed E-state index contributed by atoms with van der Waals surface area (Å²) in [6.45, 7) is 2.39. The summed E-state index contributed by atoms with van der Waals surface area (Å²) >= 11 is 0. The number of amides is 1. The first kappa shape index (κ1) is 14.8. The Hall–Kier alpha value is -2.74. The first-order valence-electron chi connectivity index (χ1n) is 7.92. The number of nitrogens with zero attached hydrogens (tertiary/aromatic N) is 5. The lowest BCUT2D eigenvalue weighted by atomic mass is 10.0. The van der Waals surface area contributed by atoms with Gasteiger partial charge in [-0.25, -0.2) is 9.97 Å². The highest BCUT2D eigenvalue weighted by Gasteiger charge is 2.24. The van der Waals surface area contributed by atoms with Gasteiger partial charge in [0.15, 0.2) is 5.65 Å². The number of aromatic amines is 1. The number of ether oxygens (including phenoxy) is 1. The van der Waals surface area contributed by atoms with Gasteiger partial charge in [0, 0.05) is 37.6 Å². The molecule has 0 bridgehead atoms. The third-order valence-electron chi connectivity index (χ3n) is 4.18. The maximum absolute atomic E-state index is 12.5. The van der Waals surface area contributed by atoms with Gasteiger partial charge in [0.2, 0.25) is 0 Å². The standard InChI is InChI=1S/C16H18N6O2/c23-16(14-6-17-11-20-14)22-3-4-24-10-12(8-22)5-13-9-21-2-1-18-15(21)7-19-13/h1-2,6-7,9,11-12H,3-5,8,10H2,(H,17,20)/t12-/m0/s1. The first-order chi connectivity index (χ1) is 11.8. The van der Waals surface area contributed by atoms with Gasteiger partial charge in [-0.1, -0.05) is 0 Å². The lowest BCUT2D eigenvalue weighted by molar-refractivity contribution is 0.0732. The highest BCUT2D eigenvalue weighted by atomic mass is 16.5. The Labute approximate surface area is 138 Å². The smallest absolute Gasteiger partial charge is 0.272 e. The van der Waals surface area contributed by atoms with Crippen molar-refractivity contribution >= 4 is 11.6 Å². The predicted octanol–water partition coefficient (Wildman–Crippen LogP) is 0.784. The van der Waals surface area contributed by atoms with Crippen LogP contribution >= 0.6 is 0 Å². The van der Waals surface area contributed by atoms with Crippen LogP contribution in [0, 0.1) is 5.92 Å². The number of H-pyrrole nitrogens is 1. The first-order valence-corrected chi connectivity index (χ1v) is 7.92. The molecule has 1 amide bonds. The molecule has 1 N–H and O–H groups in total.